The number of carbonyl (C=O) groups is 3. The first-order valence-corrected chi connectivity index (χ1v) is 11.1. The van der Waals surface area contributed by atoms with Gasteiger partial charge in [-0.15, -0.1) is 23.5 Å². The number of amides is 2. The summed E-state index contributed by atoms with van der Waals surface area (Å²) >= 11 is 2.73. The second kappa shape index (κ2) is 8.54. The third-order valence-corrected chi connectivity index (χ3v) is 7.39. The van der Waals surface area contributed by atoms with Crippen LogP contribution < -0.4 is 5.32 Å². The number of thioether (sulfide) groups is 2. The Morgan fingerprint density at radius 3 is 2.80 bits per heavy atom. The predicted molar refractivity (Wildman–Crippen MR) is 111 cm³/mol. The number of hydrogen-bond acceptors (Lipinski definition) is 7. The smallest absolute Gasteiger partial charge is 0.353 e. The van der Waals surface area contributed by atoms with Crippen molar-refractivity contribution < 1.29 is 24.6 Å². The van der Waals surface area contributed by atoms with Crippen LogP contribution >= 0.6 is 23.5 Å². The van der Waals surface area contributed by atoms with Crippen LogP contribution in [0.5, 0.6) is 0 Å². The first-order valence-electron chi connectivity index (χ1n) is 9.02. The Morgan fingerprint density at radius 2 is 2.13 bits per heavy atom. The summed E-state index contributed by atoms with van der Waals surface area (Å²) in [5.41, 5.74) is 1.28. The monoisotopic (exact) mass is 446 g/mol. The highest BCUT2D eigenvalue weighted by atomic mass is 32.2. The van der Waals surface area contributed by atoms with E-state index in [4.69, 9.17) is 0 Å². The normalized spacial score (nSPS) is 21.6. The lowest BCUT2D eigenvalue weighted by Gasteiger charge is -2.49. The second-order valence-electron chi connectivity index (χ2n) is 6.68. The van der Waals surface area contributed by atoms with Crippen LogP contribution in [0.3, 0.4) is 0 Å². The van der Waals surface area contributed by atoms with Crippen LogP contribution in [-0.2, 0) is 20.1 Å². The molecule has 30 heavy (non-hydrogen) atoms. The average Bonchev–Trinajstić information content (AvgIpc) is 3.28. The minimum absolute atomic E-state index is 0.0497. The Bertz CT molecular complexity index is 996. The lowest BCUT2D eigenvalue weighted by molar-refractivity contribution is -0.151. The van der Waals surface area contributed by atoms with Gasteiger partial charge in [0.1, 0.15) is 17.1 Å². The van der Waals surface area contributed by atoms with Crippen molar-refractivity contribution in [3.8, 4) is 0 Å². The van der Waals surface area contributed by atoms with Crippen LogP contribution in [0.4, 0.5) is 0 Å². The van der Waals surface area contributed by atoms with Gasteiger partial charge in [-0.25, -0.2) is 4.79 Å². The SMILES string of the molecule is O=C(O)C1=C(SCc2cn[nH]c2)CS[C@H]2[C@H](NC(=O)[C@H](O)c3ccccc3)C(=O)N12. The zero-order chi connectivity index (χ0) is 21.3. The highest BCUT2D eigenvalue weighted by Gasteiger charge is 2.54. The maximum Gasteiger partial charge on any atom is 0.353 e. The largest absolute Gasteiger partial charge is 0.477 e. The summed E-state index contributed by atoms with van der Waals surface area (Å²) in [4.78, 5) is 38.7. The van der Waals surface area contributed by atoms with Gasteiger partial charge < -0.3 is 15.5 Å². The van der Waals surface area contributed by atoms with E-state index in [9.17, 15) is 24.6 Å². The summed E-state index contributed by atoms with van der Waals surface area (Å²) in [6.07, 6.45) is 1.98. The molecule has 11 heteroatoms. The Labute approximate surface area is 179 Å². The van der Waals surface area contributed by atoms with Crippen LogP contribution in [0.2, 0.25) is 0 Å². The van der Waals surface area contributed by atoms with Gasteiger partial charge >= 0.3 is 5.97 Å². The third kappa shape index (κ3) is 3.83. The molecule has 1 aromatic carbocycles. The number of carbonyl (C=O) groups excluding carboxylic acids is 2. The molecule has 2 aliphatic heterocycles. The fourth-order valence-corrected chi connectivity index (χ4v) is 5.80. The van der Waals surface area contributed by atoms with Crippen molar-refractivity contribution in [1.29, 1.82) is 0 Å². The molecule has 3 heterocycles. The van der Waals surface area contributed by atoms with E-state index in [1.165, 1.54) is 28.4 Å². The first kappa shape index (κ1) is 20.5. The van der Waals surface area contributed by atoms with Crippen LogP contribution in [0, 0.1) is 0 Å². The minimum atomic E-state index is -1.41. The quantitative estimate of drug-likeness (QED) is 0.464. The molecule has 2 amide bonds. The highest BCUT2D eigenvalue weighted by molar-refractivity contribution is 8.05. The number of β-lactam (4-membered cyclic amide) rings is 1. The number of aliphatic hydroxyl groups excluding tert-OH is 1. The Kier molecular flexibility index (Phi) is 5.84. The van der Waals surface area contributed by atoms with Gasteiger partial charge in [0.15, 0.2) is 6.10 Å². The summed E-state index contributed by atoms with van der Waals surface area (Å²) < 4.78 is 0. The van der Waals surface area contributed by atoms with Crippen molar-refractivity contribution in [3.63, 3.8) is 0 Å². The molecule has 0 aliphatic carbocycles. The summed E-state index contributed by atoms with van der Waals surface area (Å²) in [6.45, 7) is 0. The third-order valence-electron chi connectivity index (χ3n) is 4.77. The van der Waals surface area contributed by atoms with Crippen molar-refractivity contribution in [1.82, 2.24) is 20.4 Å². The lowest BCUT2D eigenvalue weighted by atomic mass is 10.0. The molecule has 4 rings (SSSR count). The van der Waals surface area contributed by atoms with E-state index in [-0.39, 0.29) is 5.70 Å². The summed E-state index contributed by atoms with van der Waals surface area (Å²) in [5.74, 6) is -1.44. The number of carboxylic acid groups (broad SMARTS) is 1. The number of aromatic nitrogens is 2. The number of rotatable bonds is 7. The van der Waals surface area contributed by atoms with Gasteiger partial charge in [0, 0.05) is 28.2 Å². The summed E-state index contributed by atoms with van der Waals surface area (Å²) in [5, 5.41) is 28.5. The number of benzene rings is 1. The van der Waals surface area contributed by atoms with Crippen LogP contribution in [0.25, 0.3) is 0 Å². The molecule has 2 aliphatic rings. The maximum atomic E-state index is 12.7. The molecule has 0 saturated carbocycles. The number of aliphatic carboxylic acids is 1. The first-order chi connectivity index (χ1) is 14.5. The van der Waals surface area contributed by atoms with Gasteiger partial charge in [-0.1, -0.05) is 30.3 Å². The van der Waals surface area contributed by atoms with E-state index in [1.807, 2.05) is 0 Å². The Morgan fingerprint density at radius 1 is 1.37 bits per heavy atom. The molecule has 1 saturated heterocycles. The molecule has 1 fully saturated rings. The van der Waals surface area contributed by atoms with Crippen LogP contribution in [0.15, 0.2) is 53.3 Å². The highest BCUT2D eigenvalue weighted by Crippen LogP contribution is 2.44. The molecule has 156 valence electrons. The molecule has 4 N–H and O–H groups in total. The Balaban J connectivity index is 1.46. The van der Waals surface area contributed by atoms with Gasteiger partial charge in [0.2, 0.25) is 0 Å². The number of aliphatic hydroxyl groups is 1. The second-order valence-corrected chi connectivity index (χ2v) is 8.86. The number of H-pyrrole nitrogens is 1. The van der Waals surface area contributed by atoms with E-state index < -0.39 is 35.3 Å². The molecule has 9 nitrogen and oxygen atoms in total. The van der Waals surface area contributed by atoms with E-state index in [0.29, 0.717) is 22.0 Å². The molecule has 0 radical (unpaired) electrons. The van der Waals surface area contributed by atoms with E-state index >= 15 is 0 Å². The molecule has 0 spiro atoms. The summed E-state index contributed by atoms with van der Waals surface area (Å²) in [6, 6.07) is 7.52. The van der Waals surface area contributed by atoms with Crippen molar-refractivity contribution >= 4 is 41.3 Å². The molecule has 0 unspecified atom stereocenters. The van der Waals surface area contributed by atoms with Crippen molar-refractivity contribution in [2.24, 2.45) is 0 Å². The number of fused-ring (bicyclic) bond motifs is 1. The van der Waals surface area contributed by atoms with Crippen LogP contribution in [-0.4, -0.2) is 60.3 Å². The number of carboxylic acids is 1. The minimum Gasteiger partial charge on any atom is -0.477 e. The molecule has 0 bridgehead atoms. The van der Waals surface area contributed by atoms with Crippen molar-refractivity contribution in [2.45, 2.75) is 23.3 Å². The standard InChI is InChI=1S/C19H18N4O5S2/c24-15(11-4-2-1-3-5-11)16(25)22-13-17(26)23-14(19(27)28)12(9-30-18(13)23)29-8-10-6-20-21-7-10/h1-7,13,15,18,24H,8-9H2,(H,20,21)(H,22,25)(H,27,28)/t13-,15-,18+/m1/s1. The summed E-state index contributed by atoms with van der Waals surface area (Å²) in [7, 11) is 0. The Hall–Kier alpha value is -2.76. The zero-order valence-electron chi connectivity index (χ0n) is 15.5. The number of aromatic amines is 1. The molecule has 1 aromatic heterocycles. The topological polar surface area (TPSA) is 136 Å². The molecule has 2 aromatic rings. The van der Waals surface area contributed by atoms with E-state index in [2.05, 4.69) is 15.5 Å². The number of hydrogen-bond donors (Lipinski definition) is 4. The van der Waals surface area contributed by atoms with Gasteiger partial charge in [0.25, 0.3) is 11.8 Å². The van der Waals surface area contributed by atoms with Gasteiger partial charge in [0.05, 0.1) is 6.20 Å². The van der Waals surface area contributed by atoms with Gasteiger partial charge in [-0.05, 0) is 5.56 Å². The molecular formula is C19H18N4O5S2. The average molecular weight is 447 g/mol. The van der Waals surface area contributed by atoms with E-state index in [0.717, 1.165) is 5.56 Å². The number of nitrogens with one attached hydrogen (secondary N) is 2. The van der Waals surface area contributed by atoms with Gasteiger partial charge in [-0.3, -0.25) is 19.6 Å². The zero-order valence-corrected chi connectivity index (χ0v) is 17.2. The molecular weight excluding hydrogens is 428 g/mol. The van der Waals surface area contributed by atoms with Gasteiger partial charge in [-0.2, -0.15) is 5.10 Å². The number of nitrogens with zero attached hydrogens (tertiary/aromatic N) is 2. The molecule has 3 atom stereocenters. The van der Waals surface area contributed by atoms with Crippen LogP contribution in [0.1, 0.15) is 17.2 Å². The fourth-order valence-electron chi connectivity index (χ4n) is 3.25. The predicted octanol–water partition coefficient (Wildman–Crippen LogP) is 1.07. The van der Waals surface area contributed by atoms with Crippen molar-refractivity contribution in [2.75, 3.05) is 5.75 Å². The lowest BCUT2D eigenvalue weighted by Crippen LogP contribution is -2.70. The van der Waals surface area contributed by atoms with Crippen molar-refractivity contribution in [3.05, 3.63) is 64.5 Å². The van der Waals surface area contributed by atoms with E-state index in [1.54, 1.807) is 42.7 Å². The fraction of sp³-hybridized carbons (Fsp3) is 0.263. The maximum absolute atomic E-state index is 12.7.